The van der Waals surface area contributed by atoms with Crippen molar-refractivity contribution in [3.05, 3.63) is 47.9 Å². The van der Waals surface area contributed by atoms with Gasteiger partial charge < -0.3 is 13.9 Å². The van der Waals surface area contributed by atoms with Crippen molar-refractivity contribution in [3.63, 3.8) is 0 Å². The Labute approximate surface area is 105 Å². The first-order valence-corrected chi connectivity index (χ1v) is 5.53. The number of para-hydroxylation sites is 1. The van der Waals surface area contributed by atoms with E-state index < -0.39 is 0 Å². The van der Waals surface area contributed by atoms with Gasteiger partial charge in [-0.15, -0.1) is 0 Å². The highest BCUT2D eigenvalue weighted by Crippen LogP contribution is 2.31. The summed E-state index contributed by atoms with van der Waals surface area (Å²) in [6, 6.07) is 8.75. The summed E-state index contributed by atoms with van der Waals surface area (Å²) >= 11 is 0. The number of rotatable bonds is 5. The molecule has 0 radical (unpaired) electrons. The average Bonchev–Trinajstić information content (AvgIpc) is 2.90. The summed E-state index contributed by atoms with van der Waals surface area (Å²) in [5, 5.41) is 0. The number of ketones is 1. The minimum Gasteiger partial charge on any atom is -0.493 e. The molecule has 0 aliphatic rings. The predicted octanol–water partition coefficient (Wildman–Crippen LogP) is 2.72. The molecule has 1 aromatic heterocycles. The summed E-state index contributed by atoms with van der Waals surface area (Å²) in [6.45, 7) is 0. The molecule has 2 rings (SSSR count). The molecule has 2 aromatic rings. The van der Waals surface area contributed by atoms with E-state index in [2.05, 4.69) is 0 Å². The average molecular weight is 246 g/mol. The lowest BCUT2D eigenvalue weighted by molar-refractivity contribution is 0.0983. The maximum absolute atomic E-state index is 12.2. The monoisotopic (exact) mass is 246 g/mol. The number of furan rings is 1. The van der Waals surface area contributed by atoms with E-state index in [1.165, 1.54) is 7.11 Å². The van der Waals surface area contributed by atoms with Crippen molar-refractivity contribution < 1.29 is 18.7 Å². The van der Waals surface area contributed by atoms with Crippen LogP contribution in [0.2, 0.25) is 0 Å². The van der Waals surface area contributed by atoms with Gasteiger partial charge in [0.25, 0.3) is 0 Å². The van der Waals surface area contributed by atoms with Gasteiger partial charge in [0, 0.05) is 0 Å². The lowest BCUT2D eigenvalue weighted by Crippen LogP contribution is -2.06. The Morgan fingerprint density at radius 2 is 2.00 bits per heavy atom. The van der Waals surface area contributed by atoms with Crippen molar-refractivity contribution in [2.24, 2.45) is 0 Å². The number of ether oxygens (including phenoxy) is 2. The zero-order valence-corrected chi connectivity index (χ0v) is 10.3. The number of hydrogen-bond donors (Lipinski definition) is 0. The maximum Gasteiger partial charge on any atom is 0.174 e. The van der Waals surface area contributed by atoms with Gasteiger partial charge >= 0.3 is 0 Å². The normalized spacial score (nSPS) is 10.1. The van der Waals surface area contributed by atoms with Crippen LogP contribution in [-0.2, 0) is 6.42 Å². The number of hydrogen-bond acceptors (Lipinski definition) is 4. The van der Waals surface area contributed by atoms with Crippen LogP contribution in [0.15, 0.2) is 41.0 Å². The number of methoxy groups -OCH3 is 2. The molecule has 0 saturated heterocycles. The Morgan fingerprint density at radius 3 is 2.61 bits per heavy atom. The molecule has 94 valence electrons. The largest absolute Gasteiger partial charge is 0.493 e. The lowest BCUT2D eigenvalue weighted by atomic mass is 10.1. The Kier molecular flexibility index (Phi) is 3.67. The highest BCUT2D eigenvalue weighted by atomic mass is 16.5. The molecule has 1 heterocycles. The summed E-state index contributed by atoms with van der Waals surface area (Å²) in [4.78, 5) is 12.2. The molecule has 0 spiro atoms. The zero-order chi connectivity index (χ0) is 13.0. The van der Waals surface area contributed by atoms with Crippen LogP contribution in [0.4, 0.5) is 0 Å². The molecular weight excluding hydrogens is 232 g/mol. The van der Waals surface area contributed by atoms with Crippen LogP contribution in [0.3, 0.4) is 0 Å². The first-order valence-electron chi connectivity index (χ1n) is 5.53. The van der Waals surface area contributed by atoms with Crippen LogP contribution in [0, 0.1) is 0 Å². The standard InChI is InChI=1S/C14H14O4/c1-16-13-7-3-6-11(14(13)17-2)12(15)9-10-5-4-8-18-10/h3-8H,9H2,1-2H3. The van der Waals surface area contributed by atoms with Crippen LogP contribution < -0.4 is 9.47 Å². The van der Waals surface area contributed by atoms with Crippen molar-refractivity contribution in [1.82, 2.24) is 0 Å². The molecule has 4 heteroatoms. The second-order valence-electron chi connectivity index (χ2n) is 3.72. The summed E-state index contributed by atoms with van der Waals surface area (Å²) in [5.74, 6) is 1.56. The molecule has 0 aliphatic heterocycles. The third kappa shape index (κ3) is 2.37. The summed E-state index contributed by atoms with van der Waals surface area (Å²) in [7, 11) is 3.06. The van der Waals surface area contributed by atoms with Crippen molar-refractivity contribution in [1.29, 1.82) is 0 Å². The number of benzene rings is 1. The van der Waals surface area contributed by atoms with Gasteiger partial charge in [0.15, 0.2) is 17.3 Å². The quantitative estimate of drug-likeness (QED) is 0.761. The Balaban J connectivity index is 2.29. The molecule has 0 unspecified atom stereocenters. The molecule has 0 amide bonds. The first-order chi connectivity index (χ1) is 8.76. The smallest absolute Gasteiger partial charge is 0.174 e. The second kappa shape index (κ2) is 5.40. The fraction of sp³-hybridized carbons (Fsp3) is 0.214. The van der Waals surface area contributed by atoms with Gasteiger partial charge in [-0.25, -0.2) is 0 Å². The molecule has 0 saturated carbocycles. The second-order valence-corrected chi connectivity index (χ2v) is 3.72. The number of carbonyl (C=O) groups excluding carboxylic acids is 1. The first kappa shape index (κ1) is 12.2. The Hall–Kier alpha value is -2.23. The van der Waals surface area contributed by atoms with Gasteiger partial charge in [-0.3, -0.25) is 4.79 Å². The van der Waals surface area contributed by atoms with E-state index in [0.717, 1.165) is 0 Å². The fourth-order valence-corrected chi connectivity index (χ4v) is 1.77. The van der Waals surface area contributed by atoms with Crippen molar-refractivity contribution in [3.8, 4) is 11.5 Å². The van der Waals surface area contributed by atoms with Gasteiger partial charge in [-0.2, -0.15) is 0 Å². The van der Waals surface area contributed by atoms with Crippen LogP contribution >= 0.6 is 0 Å². The number of carbonyl (C=O) groups is 1. The van der Waals surface area contributed by atoms with Gasteiger partial charge in [-0.05, 0) is 24.3 Å². The van der Waals surface area contributed by atoms with E-state index >= 15 is 0 Å². The highest BCUT2D eigenvalue weighted by molar-refractivity contribution is 6.00. The van der Waals surface area contributed by atoms with E-state index in [1.54, 1.807) is 43.7 Å². The van der Waals surface area contributed by atoms with Gasteiger partial charge in [0.2, 0.25) is 0 Å². The topological polar surface area (TPSA) is 48.7 Å². The maximum atomic E-state index is 12.2. The van der Waals surface area contributed by atoms with Gasteiger partial charge in [0.05, 0.1) is 32.5 Å². The fourth-order valence-electron chi connectivity index (χ4n) is 1.77. The predicted molar refractivity (Wildman–Crippen MR) is 66.3 cm³/mol. The molecular formula is C14H14O4. The van der Waals surface area contributed by atoms with E-state index in [1.807, 2.05) is 0 Å². The van der Waals surface area contributed by atoms with Gasteiger partial charge in [0.1, 0.15) is 5.76 Å². The van der Waals surface area contributed by atoms with Gasteiger partial charge in [-0.1, -0.05) is 6.07 Å². The summed E-state index contributed by atoms with van der Waals surface area (Å²) in [6.07, 6.45) is 1.75. The molecule has 18 heavy (non-hydrogen) atoms. The third-order valence-corrected chi connectivity index (χ3v) is 2.62. The summed E-state index contributed by atoms with van der Waals surface area (Å²) in [5.41, 5.74) is 0.494. The highest BCUT2D eigenvalue weighted by Gasteiger charge is 2.17. The molecule has 0 aliphatic carbocycles. The van der Waals surface area contributed by atoms with Crippen LogP contribution in [0.25, 0.3) is 0 Å². The van der Waals surface area contributed by atoms with E-state index in [-0.39, 0.29) is 12.2 Å². The lowest BCUT2D eigenvalue weighted by Gasteiger charge is -2.11. The van der Waals surface area contributed by atoms with Crippen LogP contribution in [-0.4, -0.2) is 20.0 Å². The third-order valence-electron chi connectivity index (χ3n) is 2.62. The minimum atomic E-state index is -0.0688. The van der Waals surface area contributed by atoms with Crippen molar-refractivity contribution in [2.45, 2.75) is 6.42 Å². The van der Waals surface area contributed by atoms with Crippen molar-refractivity contribution in [2.75, 3.05) is 14.2 Å². The molecule has 0 fully saturated rings. The minimum absolute atomic E-state index is 0.0688. The van der Waals surface area contributed by atoms with Crippen LogP contribution in [0.5, 0.6) is 11.5 Å². The number of Topliss-reactive ketones (excluding diaryl/α,β-unsaturated/α-hetero) is 1. The molecule has 0 bridgehead atoms. The van der Waals surface area contributed by atoms with Crippen LogP contribution in [0.1, 0.15) is 16.1 Å². The molecule has 1 aromatic carbocycles. The van der Waals surface area contributed by atoms with E-state index in [4.69, 9.17) is 13.9 Å². The zero-order valence-electron chi connectivity index (χ0n) is 10.3. The Bertz CT molecular complexity index is 529. The van der Waals surface area contributed by atoms with E-state index in [9.17, 15) is 4.79 Å². The molecule has 0 N–H and O–H groups in total. The molecule has 4 nitrogen and oxygen atoms in total. The van der Waals surface area contributed by atoms with Crippen molar-refractivity contribution >= 4 is 5.78 Å². The Morgan fingerprint density at radius 1 is 1.17 bits per heavy atom. The summed E-state index contributed by atoms with van der Waals surface area (Å²) < 4.78 is 15.6. The van der Waals surface area contributed by atoms with E-state index in [0.29, 0.717) is 22.8 Å². The molecule has 0 atom stereocenters. The SMILES string of the molecule is COc1cccc(C(=O)Cc2ccco2)c1OC.